The molecule has 0 aromatic rings. The minimum absolute atomic E-state index is 0.421. The number of hydrogen-bond acceptors (Lipinski definition) is 2. The lowest BCUT2D eigenvalue weighted by molar-refractivity contribution is -0.461. The number of hydrazine groups is 1. The average Bonchev–Trinajstić information content (AvgIpc) is 1.85. The summed E-state index contributed by atoms with van der Waals surface area (Å²) in [5, 5.41) is 2.21. The molecule has 3 heteroatoms. The number of nitrogens with zero attached hydrogens (tertiary/aromatic N) is 2. The van der Waals surface area contributed by atoms with Crippen LogP contribution in [0.2, 0.25) is 0 Å². The Morgan fingerprint density at radius 2 is 1.75 bits per heavy atom. The molecule has 0 aliphatic heterocycles. The molecule has 0 bridgehead atoms. The summed E-state index contributed by atoms with van der Waals surface area (Å²) in [5.74, 6) is 0. The quantitative estimate of drug-likeness (QED) is 0.379. The van der Waals surface area contributed by atoms with E-state index in [1.807, 2.05) is 21.1 Å². The Morgan fingerprint density at radius 1 is 1.25 bits per heavy atom. The van der Waals surface area contributed by atoms with E-state index in [-0.39, 0.29) is 0 Å². The maximum absolute atomic E-state index is 3.18. The van der Waals surface area contributed by atoms with Gasteiger partial charge in [0.25, 0.3) is 0 Å². The molecule has 0 saturated carbocycles. The molecule has 0 aromatic carbocycles. The van der Waals surface area contributed by atoms with Crippen LogP contribution in [-0.4, -0.2) is 49.0 Å². The molecule has 0 amide bonds. The van der Waals surface area contributed by atoms with Crippen LogP contribution in [0.4, 0.5) is 0 Å². The van der Waals surface area contributed by atoms with Gasteiger partial charge in [-0.05, 0) is 27.8 Å². The molecule has 1 N–H and O–H groups in total. The molecule has 0 aromatic heterocycles. The standard InChI is InChI=1S/C9H22N3/c1-8(2)12(10-4)9(3)7-11(5)6/h7-10H,1-6H3/q+1. The van der Waals surface area contributed by atoms with E-state index >= 15 is 0 Å². The SMILES string of the molecule is CNN(C(C)C)C(C)C=[N+](C)C. The first-order chi connectivity index (χ1) is 5.49. The predicted molar refractivity (Wildman–Crippen MR) is 53.7 cm³/mol. The van der Waals surface area contributed by atoms with E-state index in [0.717, 1.165) is 0 Å². The Hall–Kier alpha value is -0.410. The molecule has 1 unspecified atom stereocenters. The highest BCUT2D eigenvalue weighted by Crippen LogP contribution is 1.98. The number of nitrogens with one attached hydrogen (secondary N) is 1. The van der Waals surface area contributed by atoms with Gasteiger partial charge in [-0.15, -0.1) is 0 Å². The molecular weight excluding hydrogens is 150 g/mol. The number of hydrogen-bond donors (Lipinski definition) is 1. The minimum Gasteiger partial charge on any atom is -0.257 e. The molecule has 0 heterocycles. The van der Waals surface area contributed by atoms with Crippen molar-refractivity contribution in [2.24, 2.45) is 0 Å². The lowest BCUT2D eigenvalue weighted by atomic mass is 10.3. The van der Waals surface area contributed by atoms with E-state index in [1.54, 1.807) is 0 Å². The van der Waals surface area contributed by atoms with Crippen LogP contribution >= 0.6 is 0 Å². The summed E-state index contributed by atoms with van der Waals surface area (Å²) in [4.78, 5) is 0. The van der Waals surface area contributed by atoms with Crippen LogP contribution < -0.4 is 5.43 Å². The van der Waals surface area contributed by atoms with E-state index in [1.165, 1.54) is 0 Å². The van der Waals surface area contributed by atoms with Gasteiger partial charge in [-0.25, -0.2) is 9.58 Å². The first kappa shape index (κ1) is 11.6. The summed E-state index contributed by atoms with van der Waals surface area (Å²) in [6.07, 6.45) is 2.18. The molecule has 1 atom stereocenters. The van der Waals surface area contributed by atoms with Gasteiger partial charge >= 0.3 is 0 Å². The van der Waals surface area contributed by atoms with Crippen LogP contribution in [0.3, 0.4) is 0 Å². The summed E-state index contributed by atoms with van der Waals surface area (Å²) < 4.78 is 2.08. The topological polar surface area (TPSA) is 18.3 Å². The third-order valence-electron chi connectivity index (χ3n) is 1.77. The van der Waals surface area contributed by atoms with Crippen molar-refractivity contribution in [2.75, 3.05) is 21.1 Å². The maximum atomic E-state index is 3.18. The smallest absolute Gasteiger partial charge is 0.157 e. The normalized spacial score (nSPS) is 13.7. The van der Waals surface area contributed by atoms with Crippen molar-refractivity contribution in [1.29, 1.82) is 0 Å². The van der Waals surface area contributed by atoms with Crippen LogP contribution in [0.15, 0.2) is 0 Å². The van der Waals surface area contributed by atoms with E-state index in [9.17, 15) is 0 Å². The fourth-order valence-corrected chi connectivity index (χ4v) is 1.44. The van der Waals surface area contributed by atoms with Crippen molar-refractivity contribution in [3.63, 3.8) is 0 Å². The Balaban J connectivity index is 4.22. The average molecular weight is 172 g/mol. The van der Waals surface area contributed by atoms with E-state index < -0.39 is 0 Å². The van der Waals surface area contributed by atoms with Gasteiger partial charge in [0, 0.05) is 6.04 Å². The molecule has 0 spiro atoms. The molecule has 0 saturated heterocycles. The van der Waals surface area contributed by atoms with Crippen molar-refractivity contribution in [2.45, 2.75) is 32.9 Å². The molecule has 0 rings (SSSR count). The minimum atomic E-state index is 0.421. The fourth-order valence-electron chi connectivity index (χ4n) is 1.44. The Morgan fingerprint density at radius 3 is 2.00 bits per heavy atom. The summed E-state index contributed by atoms with van der Waals surface area (Å²) in [5.41, 5.74) is 3.18. The van der Waals surface area contributed by atoms with Gasteiger partial charge < -0.3 is 0 Å². The third-order valence-corrected chi connectivity index (χ3v) is 1.77. The molecule has 0 aliphatic rings. The van der Waals surface area contributed by atoms with Gasteiger partial charge in [0.1, 0.15) is 14.1 Å². The predicted octanol–water partition coefficient (Wildman–Crippen LogP) is 0.563. The molecule has 0 fully saturated rings. The largest absolute Gasteiger partial charge is 0.257 e. The van der Waals surface area contributed by atoms with Gasteiger partial charge in [0.15, 0.2) is 6.21 Å². The van der Waals surface area contributed by atoms with Crippen LogP contribution in [0.5, 0.6) is 0 Å². The lowest BCUT2D eigenvalue weighted by Gasteiger charge is -2.27. The molecule has 72 valence electrons. The van der Waals surface area contributed by atoms with Crippen molar-refractivity contribution in [1.82, 2.24) is 10.4 Å². The van der Waals surface area contributed by atoms with Crippen molar-refractivity contribution < 1.29 is 4.58 Å². The Labute approximate surface area is 76.0 Å². The second-order valence-corrected chi connectivity index (χ2v) is 3.58. The highest BCUT2D eigenvalue weighted by molar-refractivity contribution is 5.58. The zero-order valence-corrected chi connectivity index (χ0v) is 9.13. The van der Waals surface area contributed by atoms with E-state index in [4.69, 9.17) is 0 Å². The van der Waals surface area contributed by atoms with Gasteiger partial charge in [-0.1, -0.05) is 0 Å². The Kier molecular flexibility index (Phi) is 5.09. The molecule has 0 aliphatic carbocycles. The highest BCUT2D eigenvalue weighted by Gasteiger charge is 2.15. The first-order valence-corrected chi connectivity index (χ1v) is 4.46. The van der Waals surface area contributed by atoms with Crippen LogP contribution in [0, 0.1) is 0 Å². The van der Waals surface area contributed by atoms with Gasteiger partial charge in [-0.2, -0.15) is 0 Å². The summed E-state index contributed by atoms with van der Waals surface area (Å²) in [6, 6.07) is 0.936. The summed E-state index contributed by atoms with van der Waals surface area (Å²) >= 11 is 0. The molecular formula is C9H22N3+. The molecule has 0 radical (unpaired) electrons. The zero-order chi connectivity index (χ0) is 9.72. The first-order valence-electron chi connectivity index (χ1n) is 4.46. The van der Waals surface area contributed by atoms with Crippen molar-refractivity contribution in [3.8, 4) is 0 Å². The second kappa shape index (κ2) is 5.27. The molecule has 12 heavy (non-hydrogen) atoms. The van der Waals surface area contributed by atoms with Crippen LogP contribution in [-0.2, 0) is 0 Å². The molecule has 3 nitrogen and oxygen atoms in total. The van der Waals surface area contributed by atoms with Crippen molar-refractivity contribution in [3.05, 3.63) is 0 Å². The lowest BCUT2D eigenvalue weighted by Crippen LogP contribution is -2.48. The number of rotatable bonds is 4. The zero-order valence-electron chi connectivity index (χ0n) is 9.13. The second-order valence-electron chi connectivity index (χ2n) is 3.58. The van der Waals surface area contributed by atoms with E-state index in [0.29, 0.717) is 12.1 Å². The van der Waals surface area contributed by atoms with Crippen LogP contribution in [0.25, 0.3) is 0 Å². The van der Waals surface area contributed by atoms with Gasteiger partial charge in [0.2, 0.25) is 0 Å². The fraction of sp³-hybridized carbons (Fsp3) is 0.889. The summed E-state index contributed by atoms with van der Waals surface area (Å²) in [6.45, 7) is 6.53. The van der Waals surface area contributed by atoms with E-state index in [2.05, 4.69) is 42.0 Å². The van der Waals surface area contributed by atoms with Crippen molar-refractivity contribution >= 4 is 6.21 Å². The monoisotopic (exact) mass is 172 g/mol. The maximum Gasteiger partial charge on any atom is 0.157 e. The summed E-state index contributed by atoms with van der Waals surface area (Å²) in [7, 11) is 6.05. The van der Waals surface area contributed by atoms with Gasteiger partial charge in [0.05, 0.1) is 6.04 Å². The van der Waals surface area contributed by atoms with Gasteiger partial charge in [-0.3, -0.25) is 5.43 Å². The Bertz CT molecular complexity index is 148. The van der Waals surface area contributed by atoms with Crippen LogP contribution in [0.1, 0.15) is 20.8 Å². The highest BCUT2D eigenvalue weighted by atomic mass is 15.5. The third kappa shape index (κ3) is 3.83.